The number of nitrogens with two attached hydrogens (primary N) is 1. The van der Waals surface area contributed by atoms with Crippen molar-refractivity contribution in [2.75, 3.05) is 5.73 Å². The van der Waals surface area contributed by atoms with E-state index in [0.717, 1.165) is 0 Å². The van der Waals surface area contributed by atoms with Crippen LogP contribution in [0.4, 0.5) is 5.69 Å². The third-order valence-corrected chi connectivity index (χ3v) is 1.62. The number of hydrogen-bond acceptors (Lipinski definition) is 5. The molecule has 0 aliphatic carbocycles. The van der Waals surface area contributed by atoms with Crippen LogP contribution in [0.3, 0.4) is 0 Å². The quantitative estimate of drug-likeness (QED) is 0.682. The number of rotatable bonds is 1. The van der Waals surface area contributed by atoms with Crippen LogP contribution >= 0.6 is 0 Å². The van der Waals surface area contributed by atoms with E-state index in [0.29, 0.717) is 17.1 Å². The second kappa shape index (κ2) is 3.14. The number of hydrogen-bond donors (Lipinski definition) is 1. The maximum absolute atomic E-state index is 8.83. The summed E-state index contributed by atoms with van der Waals surface area (Å²) in [4.78, 5) is 5.26. The summed E-state index contributed by atoms with van der Waals surface area (Å²) in [5.41, 5.74) is 6.28. The molecule has 0 aliphatic rings. The second-order valence-electron chi connectivity index (χ2n) is 2.57. The molecule has 2 aromatic rings. The topological polar surface area (TPSA) is 93.4 Å². The highest BCUT2D eigenvalue weighted by molar-refractivity contribution is 5.50. The summed E-state index contributed by atoms with van der Waals surface area (Å²) < 4.78 is 0. The minimum absolute atomic E-state index is 0.348. The number of aromatic nitrogens is 4. The predicted molar refractivity (Wildman–Crippen MR) is 48.3 cm³/mol. The Balaban J connectivity index is 2.60. The van der Waals surface area contributed by atoms with Gasteiger partial charge in [0.15, 0.2) is 5.82 Å². The molecule has 0 fully saturated rings. The van der Waals surface area contributed by atoms with Crippen LogP contribution in [-0.4, -0.2) is 20.0 Å². The van der Waals surface area contributed by atoms with Gasteiger partial charge in [0, 0.05) is 0 Å². The van der Waals surface area contributed by atoms with E-state index in [-0.39, 0.29) is 0 Å². The van der Waals surface area contributed by atoms with E-state index < -0.39 is 0 Å². The van der Waals surface area contributed by atoms with E-state index in [1.54, 1.807) is 0 Å². The van der Waals surface area contributed by atoms with Crippen molar-refractivity contribution in [1.29, 1.82) is 5.26 Å². The van der Waals surface area contributed by atoms with Crippen LogP contribution in [0.25, 0.3) is 5.82 Å². The van der Waals surface area contributed by atoms with Gasteiger partial charge in [-0.3, -0.25) is 0 Å². The molecule has 2 aromatic heterocycles. The molecule has 0 atom stereocenters. The molecule has 2 N–H and O–H groups in total. The smallest absolute Gasteiger partial charge is 0.192 e. The Labute approximate surface area is 79.6 Å². The normalized spacial score (nSPS) is 9.64. The number of pyridine rings is 1. The zero-order valence-electron chi connectivity index (χ0n) is 7.12. The minimum Gasteiger partial charge on any atom is -0.397 e. The summed E-state index contributed by atoms with van der Waals surface area (Å²) in [5, 5.41) is 16.6. The van der Waals surface area contributed by atoms with Crippen LogP contribution in [0.5, 0.6) is 0 Å². The van der Waals surface area contributed by atoms with Crippen LogP contribution in [0.15, 0.2) is 24.7 Å². The monoisotopic (exact) mass is 186 g/mol. The van der Waals surface area contributed by atoms with Crippen molar-refractivity contribution >= 4 is 5.69 Å². The number of nitrogens with zero attached hydrogens (tertiary/aromatic N) is 5. The first-order valence-corrected chi connectivity index (χ1v) is 3.83. The zero-order chi connectivity index (χ0) is 9.97. The van der Waals surface area contributed by atoms with Gasteiger partial charge in [-0.05, 0) is 6.07 Å². The number of anilines is 1. The van der Waals surface area contributed by atoms with Crippen molar-refractivity contribution in [2.45, 2.75) is 0 Å². The van der Waals surface area contributed by atoms with Gasteiger partial charge in [-0.1, -0.05) is 0 Å². The lowest BCUT2D eigenvalue weighted by Crippen LogP contribution is -2.05. The summed E-state index contributed by atoms with van der Waals surface area (Å²) in [6.45, 7) is 0. The molecule has 0 aliphatic heterocycles. The van der Waals surface area contributed by atoms with Crippen molar-refractivity contribution in [1.82, 2.24) is 20.0 Å². The Bertz CT molecular complexity index is 481. The Morgan fingerprint density at radius 3 is 2.71 bits per heavy atom. The Morgan fingerprint density at radius 2 is 2.07 bits per heavy atom. The first-order valence-electron chi connectivity index (χ1n) is 3.83. The van der Waals surface area contributed by atoms with Crippen molar-refractivity contribution in [2.24, 2.45) is 0 Å². The van der Waals surface area contributed by atoms with E-state index in [1.807, 2.05) is 6.07 Å². The molecule has 0 spiro atoms. The summed E-state index contributed by atoms with van der Waals surface area (Å²) >= 11 is 0. The van der Waals surface area contributed by atoms with Gasteiger partial charge in [-0.25, -0.2) is 4.98 Å². The number of nitrogen functional groups attached to an aromatic ring is 1. The first-order chi connectivity index (χ1) is 6.81. The van der Waals surface area contributed by atoms with E-state index in [9.17, 15) is 0 Å². The maximum atomic E-state index is 8.83. The van der Waals surface area contributed by atoms with Crippen LogP contribution in [0.1, 0.15) is 5.56 Å². The molecular weight excluding hydrogens is 180 g/mol. The van der Waals surface area contributed by atoms with E-state index in [2.05, 4.69) is 15.2 Å². The molecule has 0 unspecified atom stereocenters. The Morgan fingerprint density at radius 1 is 1.36 bits per heavy atom. The predicted octanol–water partition coefficient (Wildman–Crippen LogP) is 0.116. The molecule has 68 valence electrons. The molecular formula is C8H6N6. The summed E-state index contributed by atoms with van der Waals surface area (Å²) in [6, 6.07) is 3.51. The van der Waals surface area contributed by atoms with Crippen LogP contribution in [-0.2, 0) is 0 Å². The molecule has 6 heteroatoms. The minimum atomic E-state index is 0.348. The van der Waals surface area contributed by atoms with Crippen LogP contribution in [0.2, 0.25) is 0 Å². The molecule has 0 saturated heterocycles. The molecule has 0 saturated carbocycles. The average Bonchev–Trinajstić information content (AvgIpc) is 2.70. The fraction of sp³-hybridized carbons (Fsp3) is 0. The molecule has 2 rings (SSSR count). The Hall–Kier alpha value is -2.42. The SMILES string of the molecule is N#Cc1cc(N)cnc1-n1nccn1. The fourth-order valence-corrected chi connectivity index (χ4v) is 1.04. The van der Waals surface area contributed by atoms with Gasteiger partial charge < -0.3 is 5.73 Å². The van der Waals surface area contributed by atoms with Crippen molar-refractivity contribution < 1.29 is 0 Å². The molecule has 0 radical (unpaired) electrons. The first kappa shape index (κ1) is 8.19. The van der Waals surface area contributed by atoms with Gasteiger partial charge in [0.05, 0.1) is 24.3 Å². The highest BCUT2D eigenvalue weighted by Gasteiger charge is 2.07. The maximum Gasteiger partial charge on any atom is 0.192 e. The molecule has 6 nitrogen and oxygen atoms in total. The molecule has 0 aromatic carbocycles. The van der Waals surface area contributed by atoms with Gasteiger partial charge >= 0.3 is 0 Å². The fourth-order valence-electron chi connectivity index (χ4n) is 1.04. The van der Waals surface area contributed by atoms with Crippen LogP contribution < -0.4 is 5.73 Å². The van der Waals surface area contributed by atoms with Gasteiger partial charge in [0.1, 0.15) is 11.6 Å². The highest BCUT2D eigenvalue weighted by atomic mass is 15.5. The summed E-state index contributed by atoms with van der Waals surface area (Å²) in [7, 11) is 0. The lowest BCUT2D eigenvalue weighted by molar-refractivity contribution is 0.727. The lowest BCUT2D eigenvalue weighted by Gasteiger charge is -2.01. The molecule has 0 amide bonds. The van der Waals surface area contributed by atoms with Crippen LogP contribution in [0, 0.1) is 11.3 Å². The largest absolute Gasteiger partial charge is 0.397 e. The van der Waals surface area contributed by atoms with Crippen molar-refractivity contribution in [3.8, 4) is 11.9 Å². The summed E-state index contributed by atoms with van der Waals surface area (Å²) in [5.74, 6) is 0.381. The van der Waals surface area contributed by atoms with E-state index >= 15 is 0 Å². The van der Waals surface area contributed by atoms with E-state index in [4.69, 9.17) is 11.0 Å². The second-order valence-corrected chi connectivity index (χ2v) is 2.57. The lowest BCUT2D eigenvalue weighted by atomic mass is 10.2. The zero-order valence-corrected chi connectivity index (χ0v) is 7.12. The molecule has 14 heavy (non-hydrogen) atoms. The van der Waals surface area contributed by atoms with Gasteiger partial charge in [0.2, 0.25) is 0 Å². The van der Waals surface area contributed by atoms with Gasteiger partial charge in [-0.15, -0.1) is 4.80 Å². The van der Waals surface area contributed by atoms with Crippen molar-refractivity contribution in [3.05, 3.63) is 30.2 Å². The standard InChI is InChI=1S/C8H6N6/c9-4-6-3-7(10)5-11-8(6)14-12-1-2-13-14/h1-3,5H,10H2. The Kier molecular flexibility index (Phi) is 1.84. The average molecular weight is 186 g/mol. The highest BCUT2D eigenvalue weighted by Crippen LogP contribution is 2.11. The van der Waals surface area contributed by atoms with Crippen molar-refractivity contribution in [3.63, 3.8) is 0 Å². The third kappa shape index (κ3) is 1.27. The third-order valence-electron chi connectivity index (χ3n) is 1.62. The van der Waals surface area contributed by atoms with E-state index in [1.165, 1.54) is 29.5 Å². The van der Waals surface area contributed by atoms with Gasteiger partial charge in [0.25, 0.3) is 0 Å². The number of nitriles is 1. The summed E-state index contributed by atoms with van der Waals surface area (Å²) in [6.07, 6.45) is 4.48. The van der Waals surface area contributed by atoms with Gasteiger partial charge in [-0.2, -0.15) is 15.5 Å². The molecule has 0 bridgehead atoms. The molecule has 2 heterocycles.